The molecular formula is C20H23F5N2O4. The van der Waals surface area contributed by atoms with E-state index in [1.807, 2.05) is 0 Å². The molecule has 1 saturated carbocycles. The average Bonchev–Trinajstić information content (AvgIpc) is 3.43. The van der Waals surface area contributed by atoms with E-state index >= 15 is 0 Å². The molecule has 31 heavy (non-hydrogen) atoms. The summed E-state index contributed by atoms with van der Waals surface area (Å²) in [6.07, 6.45) is -0.722. The van der Waals surface area contributed by atoms with Gasteiger partial charge in [0.2, 0.25) is 5.91 Å². The minimum Gasteiger partial charge on any atom is -0.475 e. The molecule has 0 bridgehead atoms. The van der Waals surface area contributed by atoms with Crippen LogP contribution in [0, 0.1) is 11.6 Å². The van der Waals surface area contributed by atoms with Crippen LogP contribution in [-0.4, -0.2) is 58.9 Å². The van der Waals surface area contributed by atoms with Crippen molar-refractivity contribution >= 4 is 11.9 Å². The second kappa shape index (κ2) is 9.47. The molecule has 3 atom stereocenters. The van der Waals surface area contributed by atoms with Gasteiger partial charge in [0.1, 0.15) is 6.10 Å². The number of fused-ring (bicyclic) bond motifs is 1. The summed E-state index contributed by atoms with van der Waals surface area (Å²) in [6, 6.07) is 4.67. The zero-order valence-electron chi connectivity index (χ0n) is 16.5. The van der Waals surface area contributed by atoms with Gasteiger partial charge in [0, 0.05) is 25.2 Å². The van der Waals surface area contributed by atoms with E-state index in [9.17, 15) is 26.7 Å². The summed E-state index contributed by atoms with van der Waals surface area (Å²) >= 11 is 0. The molecule has 0 unspecified atom stereocenters. The third kappa shape index (κ3) is 6.36. The van der Waals surface area contributed by atoms with E-state index in [0.29, 0.717) is 19.0 Å². The smallest absolute Gasteiger partial charge is 0.475 e. The van der Waals surface area contributed by atoms with Gasteiger partial charge >= 0.3 is 12.1 Å². The van der Waals surface area contributed by atoms with Crippen LogP contribution in [0.1, 0.15) is 37.7 Å². The van der Waals surface area contributed by atoms with Crippen LogP contribution in [0.3, 0.4) is 0 Å². The summed E-state index contributed by atoms with van der Waals surface area (Å²) in [7, 11) is 0. The van der Waals surface area contributed by atoms with Gasteiger partial charge in [-0.3, -0.25) is 9.69 Å². The van der Waals surface area contributed by atoms with E-state index in [4.69, 9.17) is 14.6 Å². The van der Waals surface area contributed by atoms with Gasteiger partial charge in [-0.15, -0.1) is 0 Å². The average molecular weight is 450 g/mol. The molecule has 1 amide bonds. The number of alkyl halides is 3. The summed E-state index contributed by atoms with van der Waals surface area (Å²) in [5, 5.41) is 10.1. The normalized spacial score (nSPS) is 25.9. The minimum atomic E-state index is -5.08. The molecule has 2 N–H and O–H groups in total. The number of carbonyl (C=O) groups is 2. The summed E-state index contributed by atoms with van der Waals surface area (Å²) in [6.45, 7) is 1.44. The van der Waals surface area contributed by atoms with Crippen molar-refractivity contribution in [1.29, 1.82) is 0 Å². The van der Waals surface area contributed by atoms with Gasteiger partial charge in [-0.25, -0.2) is 13.6 Å². The molecule has 172 valence electrons. The van der Waals surface area contributed by atoms with E-state index in [1.165, 1.54) is 12.1 Å². The van der Waals surface area contributed by atoms with Crippen molar-refractivity contribution in [2.75, 3.05) is 6.54 Å². The fourth-order valence-electron chi connectivity index (χ4n) is 3.80. The number of carboxylic acid groups (broad SMARTS) is 1. The Morgan fingerprint density at radius 1 is 1.10 bits per heavy atom. The van der Waals surface area contributed by atoms with Crippen molar-refractivity contribution in [3.05, 3.63) is 35.4 Å². The highest BCUT2D eigenvalue weighted by molar-refractivity contribution is 5.81. The number of aliphatic carboxylic acids is 1. The van der Waals surface area contributed by atoms with Gasteiger partial charge < -0.3 is 15.2 Å². The van der Waals surface area contributed by atoms with Gasteiger partial charge in [-0.05, 0) is 49.8 Å². The maximum atomic E-state index is 13.4. The lowest BCUT2D eigenvalue weighted by Gasteiger charge is -2.35. The van der Waals surface area contributed by atoms with Crippen LogP contribution in [0.2, 0.25) is 0 Å². The van der Waals surface area contributed by atoms with Crippen molar-refractivity contribution in [3.63, 3.8) is 0 Å². The third-order valence-corrected chi connectivity index (χ3v) is 5.49. The second-order valence-electron chi connectivity index (χ2n) is 7.90. The number of rotatable bonds is 4. The molecule has 3 fully saturated rings. The Morgan fingerprint density at radius 3 is 2.35 bits per heavy atom. The number of ether oxygens (including phenoxy) is 1. The van der Waals surface area contributed by atoms with Crippen molar-refractivity contribution < 1.29 is 41.4 Å². The maximum absolute atomic E-state index is 13.4. The Morgan fingerprint density at radius 2 is 1.77 bits per heavy atom. The molecular weight excluding hydrogens is 427 g/mol. The van der Waals surface area contributed by atoms with E-state index in [1.54, 1.807) is 6.07 Å². The van der Waals surface area contributed by atoms with Gasteiger partial charge in [0.25, 0.3) is 0 Å². The number of likely N-dealkylation sites (tertiary alicyclic amines) is 1. The molecule has 0 aromatic heterocycles. The standard InChI is InChI=1S/C18H22F2N2O2.C2HF3O2/c19-13-4-1-11(9-14(13)20)10-22-8-7-16-15(22)5-6-17(24-16)18(23)21-12-2-3-12;3-2(4,5)1(6)7/h1,4,9,12,15-17H,2-3,5-8,10H2,(H,21,23);(H,6,7)/t15-,16-,17+;/m1./s1. The van der Waals surface area contributed by atoms with E-state index in [-0.39, 0.29) is 24.2 Å². The molecule has 3 aliphatic rings. The first-order valence-electron chi connectivity index (χ1n) is 9.98. The second-order valence-corrected chi connectivity index (χ2v) is 7.90. The number of halogens is 5. The van der Waals surface area contributed by atoms with E-state index < -0.39 is 23.8 Å². The van der Waals surface area contributed by atoms with Crippen LogP contribution >= 0.6 is 0 Å². The lowest BCUT2D eigenvalue weighted by molar-refractivity contribution is -0.192. The van der Waals surface area contributed by atoms with Crippen molar-refractivity contribution in [3.8, 4) is 0 Å². The van der Waals surface area contributed by atoms with Crippen molar-refractivity contribution in [2.24, 2.45) is 0 Å². The van der Waals surface area contributed by atoms with Crippen LogP contribution in [0.4, 0.5) is 22.0 Å². The van der Waals surface area contributed by atoms with Gasteiger partial charge in [-0.2, -0.15) is 13.2 Å². The summed E-state index contributed by atoms with van der Waals surface area (Å²) < 4.78 is 64.2. The van der Waals surface area contributed by atoms with Gasteiger partial charge in [0.05, 0.1) is 6.10 Å². The molecule has 0 spiro atoms. The largest absolute Gasteiger partial charge is 0.490 e. The van der Waals surface area contributed by atoms with Crippen molar-refractivity contribution in [2.45, 2.75) is 69.1 Å². The summed E-state index contributed by atoms with van der Waals surface area (Å²) in [5.74, 6) is -4.36. The van der Waals surface area contributed by atoms with Crippen LogP contribution in [0.25, 0.3) is 0 Å². The molecule has 1 aliphatic carbocycles. The van der Waals surface area contributed by atoms with Crippen LogP contribution < -0.4 is 5.32 Å². The number of amides is 1. The zero-order valence-corrected chi connectivity index (χ0v) is 16.5. The molecule has 1 aromatic carbocycles. The lowest BCUT2D eigenvalue weighted by atomic mass is 9.98. The Hall–Kier alpha value is -2.27. The van der Waals surface area contributed by atoms with Gasteiger partial charge in [0.15, 0.2) is 11.6 Å². The molecule has 11 heteroatoms. The first-order valence-corrected chi connectivity index (χ1v) is 9.98. The first kappa shape index (κ1) is 23.4. The first-order chi connectivity index (χ1) is 14.5. The number of hydrogen-bond acceptors (Lipinski definition) is 4. The highest BCUT2D eigenvalue weighted by Gasteiger charge is 2.42. The van der Waals surface area contributed by atoms with Crippen molar-refractivity contribution in [1.82, 2.24) is 10.2 Å². The molecule has 2 saturated heterocycles. The maximum Gasteiger partial charge on any atom is 0.490 e. The summed E-state index contributed by atoms with van der Waals surface area (Å²) in [5.41, 5.74) is 0.767. The predicted octanol–water partition coefficient (Wildman–Crippen LogP) is 3.00. The number of carbonyl (C=O) groups excluding carboxylic acids is 1. The number of nitrogens with one attached hydrogen (secondary N) is 1. The zero-order chi connectivity index (χ0) is 22.8. The number of carboxylic acids is 1. The Labute approximate surface area is 175 Å². The van der Waals surface area contributed by atoms with Gasteiger partial charge in [-0.1, -0.05) is 6.07 Å². The number of hydrogen-bond donors (Lipinski definition) is 2. The SMILES string of the molecule is O=C(NC1CC1)[C@@H]1CC[C@@H]2[C@@H](CCN2Cc2ccc(F)c(F)c2)O1.O=C(O)C(F)(F)F. The third-order valence-electron chi connectivity index (χ3n) is 5.49. The minimum absolute atomic E-state index is 0.0232. The topological polar surface area (TPSA) is 78.9 Å². The molecule has 1 aromatic rings. The number of nitrogens with zero attached hydrogens (tertiary/aromatic N) is 1. The fraction of sp³-hybridized carbons (Fsp3) is 0.600. The van der Waals surface area contributed by atoms with Crippen LogP contribution in [-0.2, 0) is 20.9 Å². The molecule has 4 rings (SSSR count). The monoisotopic (exact) mass is 450 g/mol. The molecule has 2 aliphatic heterocycles. The highest BCUT2D eigenvalue weighted by atomic mass is 19.4. The highest BCUT2D eigenvalue weighted by Crippen LogP contribution is 2.33. The lowest BCUT2D eigenvalue weighted by Crippen LogP contribution is -2.48. The molecule has 0 radical (unpaired) electrons. The molecule has 6 nitrogen and oxygen atoms in total. The quantitative estimate of drug-likeness (QED) is 0.690. The molecule has 2 heterocycles. The number of benzene rings is 1. The van der Waals surface area contributed by atoms with E-state index in [2.05, 4.69) is 10.2 Å². The Balaban J connectivity index is 0.000000339. The fourth-order valence-corrected chi connectivity index (χ4v) is 3.80. The summed E-state index contributed by atoms with van der Waals surface area (Å²) in [4.78, 5) is 23.3. The predicted molar refractivity (Wildman–Crippen MR) is 97.9 cm³/mol. The van der Waals surface area contributed by atoms with Crippen LogP contribution in [0.5, 0.6) is 0 Å². The van der Waals surface area contributed by atoms with E-state index in [0.717, 1.165) is 37.8 Å². The Kier molecular flexibility index (Phi) is 7.15. The van der Waals surface area contributed by atoms with Crippen LogP contribution in [0.15, 0.2) is 18.2 Å². The Bertz CT molecular complexity index is 815.